The summed E-state index contributed by atoms with van der Waals surface area (Å²) in [5.74, 6) is 0.974. The maximum atomic E-state index is 13.4. The van der Waals surface area contributed by atoms with E-state index in [2.05, 4.69) is 10.1 Å². The normalized spacial score (nSPS) is 16.1. The van der Waals surface area contributed by atoms with Gasteiger partial charge in [-0.2, -0.15) is 8.42 Å². The summed E-state index contributed by atoms with van der Waals surface area (Å²) in [6, 6.07) is 16.5. The van der Waals surface area contributed by atoms with Crippen LogP contribution >= 0.6 is 0 Å². The average molecular weight is 619 g/mol. The van der Waals surface area contributed by atoms with Crippen molar-refractivity contribution >= 4 is 31.9 Å². The Morgan fingerprint density at radius 2 is 1.77 bits per heavy atom. The Morgan fingerprint density at radius 3 is 2.55 bits per heavy atom. The fourth-order valence-corrected chi connectivity index (χ4v) is 6.79. The second-order valence-electron chi connectivity index (χ2n) is 11.6. The lowest BCUT2D eigenvalue weighted by atomic mass is 9.91. The predicted octanol–water partition coefficient (Wildman–Crippen LogP) is 5.68. The van der Waals surface area contributed by atoms with Gasteiger partial charge in [0.05, 0.1) is 10.6 Å². The van der Waals surface area contributed by atoms with Gasteiger partial charge in [0.25, 0.3) is 15.7 Å². The molecular weight excluding hydrogens is 583 g/mol. The third kappa shape index (κ3) is 6.45. The average Bonchev–Trinajstić information content (AvgIpc) is 3.44. The minimum absolute atomic E-state index is 0.0730. The zero-order valence-corrected chi connectivity index (χ0v) is 25.4. The summed E-state index contributed by atoms with van der Waals surface area (Å²) in [5.41, 5.74) is 3.38. The Morgan fingerprint density at radius 1 is 1.00 bits per heavy atom. The highest BCUT2D eigenvalue weighted by molar-refractivity contribution is 7.85. The van der Waals surface area contributed by atoms with Crippen molar-refractivity contribution in [2.75, 3.05) is 19.6 Å². The molecule has 0 aliphatic carbocycles. The Kier molecular flexibility index (Phi) is 8.61. The van der Waals surface area contributed by atoms with E-state index in [1.165, 1.54) is 24.3 Å². The maximum Gasteiger partial charge on any atom is 0.294 e. The van der Waals surface area contributed by atoms with E-state index in [-0.39, 0.29) is 16.3 Å². The van der Waals surface area contributed by atoms with E-state index >= 15 is 0 Å². The van der Waals surface area contributed by atoms with Crippen LogP contribution in [0.5, 0.6) is 0 Å². The molecule has 0 saturated carbocycles. The molecule has 0 amide bonds. The van der Waals surface area contributed by atoms with E-state index in [0.717, 1.165) is 104 Å². The molecule has 5 aromatic rings. The lowest BCUT2D eigenvalue weighted by Crippen LogP contribution is -2.37. The van der Waals surface area contributed by atoms with Crippen LogP contribution in [0.15, 0.2) is 74.9 Å². The summed E-state index contributed by atoms with van der Waals surface area (Å²) in [6.07, 6.45) is 5.81. The molecule has 4 heterocycles. The number of aryl methyl sites for hydroxylation is 2. The number of halogens is 1. The first-order chi connectivity index (χ1) is 21.2. The highest BCUT2D eigenvalue weighted by Crippen LogP contribution is 2.32. The number of benzene rings is 3. The van der Waals surface area contributed by atoms with Gasteiger partial charge in [0, 0.05) is 48.1 Å². The molecule has 1 N–H and O–H groups in total. The maximum absolute atomic E-state index is 13.4. The first-order valence-corrected chi connectivity index (χ1v) is 16.4. The molecule has 1 fully saturated rings. The quantitative estimate of drug-likeness (QED) is 0.250. The molecule has 2 aliphatic rings. The molecule has 3 aromatic carbocycles. The number of piperidine rings is 1. The van der Waals surface area contributed by atoms with Crippen LogP contribution in [-0.2, 0) is 29.5 Å². The molecule has 0 radical (unpaired) electrons. The van der Waals surface area contributed by atoms with Crippen LogP contribution in [0.25, 0.3) is 21.7 Å². The molecule has 2 aliphatic heterocycles. The summed E-state index contributed by atoms with van der Waals surface area (Å²) < 4.78 is 51.1. The number of likely N-dealkylation sites (tertiary alicyclic amines) is 1. The van der Waals surface area contributed by atoms with E-state index in [9.17, 15) is 17.6 Å². The van der Waals surface area contributed by atoms with Crippen molar-refractivity contribution < 1.29 is 21.9 Å². The highest BCUT2D eigenvalue weighted by atomic mass is 32.2. The van der Waals surface area contributed by atoms with Gasteiger partial charge in [0.1, 0.15) is 11.6 Å². The van der Waals surface area contributed by atoms with Gasteiger partial charge in [-0.3, -0.25) is 13.9 Å². The van der Waals surface area contributed by atoms with E-state index < -0.39 is 10.1 Å². The first kappa shape index (κ1) is 30.1. The Bertz CT molecular complexity index is 1980. The van der Waals surface area contributed by atoms with Crippen molar-refractivity contribution in [3.63, 3.8) is 0 Å². The standard InChI is InChI=1S/C23H27FN4O2.C10H8O3S/c1-15-18(23(29)28-10-3-2-4-21(28)25-15)9-13-27-11-7-16(8-12-27)22-19-6-5-17(24)14-20(19)30-26-22;11-14(12,13)10-6-5-8-3-1-2-4-9(8)7-10/h5-6,14,16H,2-4,7-13H2,1H3;1-7H,(H,11,12,13). The van der Waals surface area contributed by atoms with Gasteiger partial charge in [0.2, 0.25) is 0 Å². The van der Waals surface area contributed by atoms with Crippen molar-refractivity contribution in [1.29, 1.82) is 0 Å². The third-order valence-corrected chi connectivity index (χ3v) is 9.56. The molecule has 9 nitrogen and oxygen atoms in total. The zero-order chi connectivity index (χ0) is 30.8. The van der Waals surface area contributed by atoms with Crippen LogP contribution in [-0.4, -0.2) is 52.2 Å². The third-order valence-electron chi connectivity index (χ3n) is 8.71. The molecular formula is C33H35FN4O5S. The van der Waals surface area contributed by atoms with Gasteiger partial charge in [-0.25, -0.2) is 9.37 Å². The summed E-state index contributed by atoms with van der Waals surface area (Å²) in [7, 11) is -4.09. The van der Waals surface area contributed by atoms with Crippen molar-refractivity contribution in [1.82, 2.24) is 19.6 Å². The van der Waals surface area contributed by atoms with Crippen molar-refractivity contribution in [2.24, 2.45) is 0 Å². The van der Waals surface area contributed by atoms with Crippen molar-refractivity contribution in [3.8, 4) is 0 Å². The number of aromatic nitrogens is 3. The van der Waals surface area contributed by atoms with Crippen LogP contribution < -0.4 is 5.56 Å². The van der Waals surface area contributed by atoms with Crippen LogP contribution in [0.3, 0.4) is 0 Å². The summed E-state index contributed by atoms with van der Waals surface area (Å²) >= 11 is 0. The van der Waals surface area contributed by atoms with Crippen molar-refractivity contribution in [2.45, 2.75) is 62.8 Å². The van der Waals surface area contributed by atoms with Crippen molar-refractivity contribution in [3.05, 3.63) is 99.6 Å². The number of nitrogens with zero attached hydrogens (tertiary/aromatic N) is 4. The molecule has 0 spiro atoms. The Balaban J connectivity index is 0.000000205. The predicted molar refractivity (Wildman–Crippen MR) is 166 cm³/mol. The summed E-state index contributed by atoms with van der Waals surface area (Å²) in [5, 5.41) is 6.88. The topological polar surface area (TPSA) is 119 Å². The van der Waals surface area contributed by atoms with Gasteiger partial charge in [-0.15, -0.1) is 0 Å². The smallest absolute Gasteiger partial charge is 0.294 e. The Labute approximate surface area is 255 Å². The van der Waals surface area contributed by atoms with Gasteiger partial charge in [-0.1, -0.05) is 35.5 Å². The van der Waals surface area contributed by atoms with Crippen LogP contribution in [0.2, 0.25) is 0 Å². The first-order valence-electron chi connectivity index (χ1n) is 15.0. The number of hydrogen-bond donors (Lipinski definition) is 1. The van der Waals surface area contributed by atoms with Crippen LogP contribution in [0.1, 0.15) is 54.4 Å². The lowest BCUT2D eigenvalue weighted by molar-refractivity contribution is 0.211. The fourth-order valence-electron chi connectivity index (χ4n) is 6.27. The molecule has 1 saturated heterocycles. The number of rotatable bonds is 5. The van der Waals surface area contributed by atoms with Gasteiger partial charge in [-0.05, 0) is 87.2 Å². The van der Waals surface area contributed by atoms with E-state index in [1.807, 2.05) is 29.7 Å². The summed E-state index contributed by atoms with van der Waals surface area (Å²) in [4.78, 5) is 20.0. The molecule has 0 atom stereocenters. The molecule has 0 bridgehead atoms. The SMILES string of the molecule is Cc1nc2n(c(=O)c1CCN1CCC(c3noc4cc(F)ccc34)CC1)CCCC2.O=S(=O)(O)c1ccc2ccccc2c1. The van der Waals surface area contributed by atoms with Crippen LogP contribution in [0.4, 0.5) is 4.39 Å². The second kappa shape index (κ2) is 12.6. The van der Waals surface area contributed by atoms with E-state index in [4.69, 9.17) is 14.1 Å². The molecule has 0 unspecified atom stereocenters. The second-order valence-corrected chi connectivity index (χ2v) is 13.0. The minimum atomic E-state index is -4.09. The fraction of sp³-hybridized carbons (Fsp3) is 0.364. The summed E-state index contributed by atoms with van der Waals surface area (Å²) in [6.45, 7) is 5.55. The molecule has 11 heteroatoms. The number of fused-ring (bicyclic) bond motifs is 3. The highest BCUT2D eigenvalue weighted by Gasteiger charge is 2.26. The number of hydrogen-bond acceptors (Lipinski definition) is 7. The largest absolute Gasteiger partial charge is 0.356 e. The van der Waals surface area contributed by atoms with Gasteiger partial charge in [0.15, 0.2) is 5.58 Å². The zero-order valence-electron chi connectivity index (χ0n) is 24.6. The molecule has 230 valence electrons. The molecule has 44 heavy (non-hydrogen) atoms. The molecule has 2 aromatic heterocycles. The van der Waals surface area contributed by atoms with Gasteiger partial charge < -0.3 is 9.42 Å². The lowest BCUT2D eigenvalue weighted by Gasteiger charge is -2.31. The van der Waals surface area contributed by atoms with E-state index in [1.54, 1.807) is 18.2 Å². The van der Waals surface area contributed by atoms with Crippen LogP contribution in [0, 0.1) is 12.7 Å². The minimum Gasteiger partial charge on any atom is -0.356 e. The monoisotopic (exact) mass is 618 g/mol. The van der Waals surface area contributed by atoms with E-state index in [0.29, 0.717) is 11.5 Å². The molecule has 7 rings (SSSR count). The van der Waals surface area contributed by atoms with Gasteiger partial charge >= 0.3 is 0 Å². The Hall–Kier alpha value is -3.93.